The van der Waals surface area contributed by atoms with Gasteiger partial charge in [0.25, 0.3) is 5.91 Å². The highest BCUT2D eigenvalue weighted by Crippen LogP contribution is 2.33. The van der Waals surface area contributed by atoms with Crippen LogP contribution >= 0.6 is 0 Å². The highest BCUT2D eigenvalue weighted by Gasteiger charge is 2.31. The standard InChI is InChI=1S/C14H22N4O/c1-9(2)5-6-18(11-3-4-11)14-12(13(16)19)7-10(15)8-17-14/h7-9,11H,3-6,15H2,1-2H3,(H2,16,19). The maximum atomic E-state index is 11.6. The fourth-order valence-corrected chi connectivity index (χ4v) is 2.13. The average molecular weight is 262 g/mol. The zero-order chi connectivity index (χ0) is 14.0. The van der Waals surface area contributed by atoms with Crippen molar-refractivity contribution in [3.8, 4) is 0 Å². The maximum absolute atomic E-state index is 11.6. The van der Waals surface area contributed by atoms with Crippen molar-refractivity contribution in [3.63, 3.8) is 0 Å². The predicted molar refractivity (Wildman–Crippen MR) is 77.0 cm³/mol. The van der Waals surface area contributed by atoms with Gasteiger partial charge in [0.1, 0.15) is 5.82 Å². The molecule has 2 rings (SSSR count). The molecule has 104 valence electrons. The molecule has 5 heteroatoms. The zero-order valence-electron chi connectivity index (χ0n) is 11.6. The van der Waals surface area contributed by atoms with Crippen molar-refractivity contribution in [2.45, 2.75) is 39.2 Å². The van der Waals surface area contributed by atoms with E-state index >= 15 is 0 Å². The molecule has 0 aliphatic heterocycles. The van der Waals surface area contributed by atoms with Crippen LogP contribution in [0.15, 0.2) is 12.3 Å². The van der Waals surface area contributed by atoms with Gasteiger partial charge in [-0.05, 0) is 31.2 Å². The molecular weight excluding hydrogens is 240 g/mol. The Balaban J connectivity index is 2.28. The lowest BCUT2D eigenvalue weighted by atomic mass is 10.1. The predicted octanol–water partition coefficient (Wildman–Crippen LogP) is 1.78. The van der Waals surface area contributed by atoms with Gasteiger partial charge in [-0.25, -0.2) is 4.98 Å². The summed E-state index contributed by atoms with van der Waals surface area (Å²) in [7, 11) is 0. The Labute approximate surface area is 114 Å². The highest BCUT2D eigenvalue weighted by molar-refractivity contribution is 5.98. The quantitative estimate of drug-likeness (QED) is 0.818. The van der Waals surface area contributed by atoms with Crippen molar-refractivity contribution >= 4 is 17.4 Å². The number of nitrogens with zero attached hydrogens (tertiary/aromatic N) is 2. The first-order chi connectivity index (χ1) is 8.99. The van der Waals surface area contributed by atoms with E-state index in [-0.39, 0.29) is 0 Å². The van der Waals surface area contributed by atoms with Crippen molar-refractivity contribution in [1.82, 2.24) is 4.98 Å². The van der Waals surface area contributed by atoms with Gasteiger partial charge < -0.3 is 16.4 Å². The Hall–Kier alpha value is -1.78. The highest BCUT2D eigenvalue weighted by atomic mass is 16.1. The van der Waals surface area contributed by atoms with E-state index in [0.29, 0.717) is 29.0 Å². The van der Waals surface area contributed by atoms with Crippen molar-refractivity contribution in [1.29, 1.82) is 0 Å². The van der Waals surface area contributed by atoms with Crippen LogP contribution in [-0.4, -0.2) is 23.5 Å². The first kappa shape index (κ1) is 13.6. The molecule has 19 heavy (non-hydrogen) atoms. The average Bonchev–Trinajstić information content (AvgIpc) is 3.14. The normalized spacial score (nSPS) is 14.7. The third-order valence-electron chi connectivity index (χ3n) is 3.36. The Morgan fingerprint density at radius 3 is 2.74 bits per heavy atom. The van der Waals surface area contributed by atoms with Crippen LogP contribution in [0.5, 0.6) is 0 Å². The molecule has 0 bridgehead atoms. The van der Waals surface area contributed by atoms with Crippen LogP contribution in [0.1, 0.15) is 43.5 Å². The van der Waals surface area contributed by atoms with Gasteiger partial charge in [0, 0.05) is 12.6 Å². The molecule has 1 aliphatic rings. The number of amides is 1. The lowest BCUT2D eigenvalue weighted by Crippen LogP contribution is -2.31. The summed E-state index contributed by atoms with van der Waals surface area (Å²) < 4.78 is 0. The van der Waals surface area contributed by atoms with Crippen LogP contribution < -0.4 is 16.4 Å². The largest absolute Gasteiger partial charge is 0.397 e. The third-order valence-corrected chi connectivity index (χ3v) is 3.36. The van der Waals surface area contributed by atoms with Gasteiger partial charge in [0.2, 0.25) is 0 Å². The molecule has 0 unspecified atom stereocenters. The summed E-state index contributed by atoms with van der Waals surface area (Å²) in [5.74, 6) is 0.835. The van der Waals surface area contributed by atoms with E-state index in [0.717, 1.165) is 25.8 Å². The zero-order valence-corrected chi connectivity index (χ0v) is 11.6. The number of nitrogens with two attached hydrogens (primary N) is 2. The van der Waals surface area contributed by atoms with Crippen LogP contribution in [0.25, 0.3) is 0 Å². The smallest absolute Gasteiger partial charge is 0.252 e. The van der Waals surface area contributed by atoms with Crippen molar-refractivity contribution in [3.05, 3.63) is 17.8 Å². The maximum Gasteiger partial charge on any atom is 0.252 e. The lowest BCUT2D eigenvalue weighted by molar-refractivity contribution is 0.100. The molecule has 0 spiro atoms. The Morgan fingerprint density at radius 1 is 1.53 bits per heavy atom. The van der Waals surface area contributed by atoms with E-state index in [9.17, 15) is 4.79 Å². The van der Waals surface area contributed by atoms with Crippen LogP contribution in [0.4, 0.5) is 11.5 Å². The monoisotopic (exact) mass is 262 g/mol. The van der Waals surface area contributed by atoms with E-state index in [2.05, 4.69) is 23.7 Å². The van der Waals surface area contributed by atoms with Crippen LogP contribution in [0, 0.1) is 5.92 Å². The number of pyridine rings is 1. The molecule has 1 aromatic rings. The molecule has 5 nitrogen and oxygen atoms in total. The fraction of sp³-hybridized carbons (Fsp3) is 0.571. The number of hydrogen-bond acceptors (Lipinski definition) is 4. The summed E-state index contributed by atoms with van der Waals surface area (Å²) in [5, 5.41) is 0. The number of hydrogen-bond donors (Lipinski definition) is 2. The molecule has 4 N–H and O–H groups in total. The molecule has 0 aromatic carbocycles. The minimum absolute atomic E-state index is 0.427. The number of anilines is 2. The molecule has 1 fully saturated rings. The van der Waals surface area contributed by atoms with Crippen molar-refractivity contribution in [2.75, 3.05) is 17.2 Å². The van der Waals surface area contributed by atoms with Crippen LogP contribution in [0.3, 0.4) is 0 Å². The lowest BCUT2D eigenvalue weighted by Gasteiger charge is -2.26. The van der Waals surface area contributed by atoms with Gasteiger partial charge in [-0.15, -0.1) is 0 Å². The topological polar surface area (TPSA) is 85.2 Å². The molecule has 0 atom stereocenters. The number of primary amides is 1. The number of nitrogen functional groups attached to an aromatic ring is 1. The van der Waals surface area contributed by atoms with Gasteiger partial charge in [-0.3, -0.25) is 4.79 Å². The van der Waals surface area contributed by atoms with Crippen molar-refractivity contribution < 1.29 is 4.79 Å². The summed E-state index contributed by atoms with van der Waals surface area (Å²) >= 11 is 0. The second-order valence-corrected chi connectivity index (χ2v) is 5.61. The molecular formula is C14H22N4O. The summed E-state index contributed by atoms with van der Waals surface area (Å²) in [4.78, 5) is 18.1. The number of rotatable bonds is 6. The molecule has 1 heterocycles. The van der Waals surface area contributed by atoms with E-state index < -0.39 is 5.91 Å². The summed E-state index contributed by atoms with van der Waals surface area (Å²) in [6.07, 6.45) is 4.97. The number of aromatic nitrogens is 1. The summed E-state index contributed by atoms with van der Waals surface area (Å²) in [5.41, 5.74) is 12.0. The minimum atomic E-state index is -0.468. The van der Waals surface area contributed by atoms with Crippen molar-refractivity contribution in [2.24, 2.45) is 11.7 Å². The Kier molecular flexibility index (Phi) is 3.93. The molecule has 0 radical (unpaired) electrons. The number of carbonyl (C=O) groups is 1. The third kappa shape index (κ3) is 3.36. The second-order valence-electron chi connectivity index (χ2n) is 5.61. The number of carbonyl (C=O) groups excluding carboxylic acids is 1. The van der Waals surface area contributed by atoms with Gasteiger partial charge in [0.05, 0.1) is 17.4 Å². The molecule has 0 saturated heterocycles. The molecule has 1 amide bonds. The first-order valence-corrected chi connectivity index (χ1v) is 6.81. The SMILES string of the molecule is CC(C)CCN(c1ncc(N)cc1C(N)=O)C1CC1. The van der Waals surface area contributed by atoms with Crippen LogP contribution in [0.2, 0.25) is 0 Å². The fourth-order valence-electron chi connectivity index (χ4n) is 2.13. The summed E-state index contributed by atoms with van der Waals surface area (Å²) in [6, 6.07) is 2.11. The van der Waals surface area contributed by atoms with Gasteiger partial charge in [-0.2, -0.15) is 0 Å². The van der Waals surface area contributed by atoms with E-state index in [1.165, 1.54) is 0 Å². The van der Waals surface area contributed by atoms with Gasteiger partial charge >= 0.3 is 0 Å². The van der Waals surface area contributed by atoms with E-state index in [4.69, 9.17) is 11.5 Å². The Morgan fingerprint density at radius 2 is 2.21 bits per heavy atom. The van der Waals surface area contributed by atoms with Crippen LogP contribution in [-0.2, 0) is 0 Å². The van der Waals surface area contributed by atoms with Gasteiger partial charge in [-0.1, -0.05) is 13.8 Å². The molecule has 1 aromatic heterocycles. The first-order valence-electron chi connectivity index (χ1n) is 6.81. The minimum Gasteiger partial charge on any atom is -0.397 e. The molecule has 1 aliphatic carbocycles. The molecule has 1 saturated carbocycles. The van der Waals surface area contributed by atoms with E-state index in [1.807, 2.05) is 0 Å². The summed E-state index contributed by atoms with van der Waals surface area (Å²) in [6.45, 7) is 5.28. The second kappa shape index (κ2) is 5.47. The van der Waals surface area contributed by atoms with E-state index in [1.54, 1.807) is 12.3 Å². The van der Waals surface area contributed by atoms with Gasteiger partial charge in [0.15, 0.2) is 0 Å². The Bertz CT molecular complexity index is 469.